The van der Waals surface area contributed by atoms with Gasteiger partial charge in [0.05, 0.1) is 25.3 Å². The number of hydrogen-bond donors (Lipinski definition) is 1. The van der Waals surface area contributed by atoms with Crippen LogP contribution in [0.3, 0.4) is 0 Å². The molecule has 0 aliphatic heterocycles. The van der Waals surface area contributed by atoms with Gasteiger partial charge in [0.25, 0.3) is 5.91 Å². The molecule has 4 rings (SSSR count). The number of rotatable bonds is 11. The molecule has 186 valence electrons. The highest BCUT2D eigenvalue weighted by Crippen LogP contribution is 2.38. The van der Waals surface area contributed by atoms with Gasteiger partial charge in [-0.05, 0) is 55.5 Å². The molecule has 2 aromatic carbocycles. The molecule has 0 atom stereocenters. The average Bonchev–Trinajstić information content (AvgIpc) is 3.47. The summed E-state index contributed by atoms with van der Waals surface area (Å²) >= 11 is 4.64. The number of carbonyl (C=O) groups is 1. The maximum Gasteiger partial charge on any atom is 0.257 e. The standard InChI is InChI=1S/C24H28N4O3S4/c1-4-6-14-28(15-7-5-2)35(30,31)17-10-8-16(9-11-17)22(29)27-23-25-18-12-13-19-21(20(18)33-23)34-24(26-19)32-3/h8-13H,4-7,14-15H2,1-3H3,(H,25,27,29). The molecule has 1 amide bonds. The second kappa shape index (κ2) is 11.3. The zero-order chi connectivity index (χ0) is 25.0. The number of unbranched alkanes of at least 4 members (excludes halogenated alkanes) is 2. The summed E-state index contributed by atoms with van der Waals surface area (Å²) in [7, 11) is -3.60. The molecular weight excluding hydrogens is 521 g/mol. The number of hydrogen-bond acceptors (Lipinski definition) is 8. The van der Waals surface area contributed by atoms with Crippen molar-refractivity contribution in [2.75, 3.05) is 24.7 Å². The van der Waals surface area contributed by atoms with Crippen molar-refractivity contribution in [1.82, 2.24) is 14.3 Å². The second-order valence-electron chi connectivity index (χ2n) is 8.05. The zero-order valence-corrected chi connectivity index (χ0v) is 23.2. The second-order valence-corrected chi connectivity index (χ2v) is 13.0. The topological polar surface area (TPSA) is 92.3 Å². The molecule has 2 aromatic heterocycles. The van der Waals surface area contributed by atoms with E-state index in [9.17, 15) is 13.2 Å². The van der Waals surface area contributed by atoms with Crippen molar-refractivity contribution in [2.24, 2.45) is 0 Å². The smallest absolute Gasteiger partial charge is 0.257 e. The van der Waals surface area contributed by atoms with Crippen LogP contribution in [0.5, 0.6) is 0 Å². The lowest BCUT2D eigenvalue weighted by atomic mass is 10.2. The van der Waals surface area contributed by atoms with E-state index in [1.165, 1.54) is 23.5 Å². The van der Waals surface area contributed by atoms with Crippen molar-refractivity contribution in [2.45, 2.75) is 48.8 Å². The number of nitrogens with one attached hydrogen (secondary N) is 1. The van der Waals surface area contributed by atoms with Crippen LogP contribution in [0.1, 0.15) is 49.9 Å². The van der Waals surface area contributed by atoms with E-state index < -0.39 is 10.0 Å². The average molecular weight is 549 g/mol. The van der Waals surface area contributed by atoms with Gasteiger partial charge in [-0.2, -0.15) is 4.31 Å². The minimum Gasteiger partial charge on any atom is -0.298 e. The molecule has 0 spiro atoms. The number of thiazole rings is 2. The van der Waals surface area contributed by atoms with E-state index in [0.717, 1.165) is 50.5 Å². The van der Waals surface area contributed by atoms with Crippen molar-refractivity contribution in [3.63, 3.8) is 0 Å². The van der Waals surface area contributed by atoms with Gasteiger partial charge in [-0.25, -0.2) is 18.4 Å². The van der Waals surface area contributed by atoms with Crippen LogP contribution in [0.25, 0.3) is 20.4 Å². The molecule has 0 fully saturated rings. The molecule has 0 radical (unpaired) electrons. The number of benzene rings is 2. The van der Waals surface area contributed by atoms with Crippen LogP contribution >= 0.6 is 34.4 Å². The van der Waals surface area contributed by atoms with Gasteiger partial charge >= 0.3 is 0 Å². The number of aromatic nitrogens is 2. The quantitative estimate of drug-likeness (QED) is 0.216. The molecule has 11 heteroatoms. The Bertz CT molecular complexity index is 1420. The van der Waals surface area contributed by atoms with Gasteiger partial charge in [0.15, 0.2) is 9.47 Å². The van der Waals surface area contributed by atoms with Crippen molar-refractivity contribution in [1.29, 1.82) is 0 Å². The number of sulfonamides is 1. The first-order chi connectivity index (χ1) is 16.9. The van der Waals surface area contributed by atoms with Crippen LogP contribution in [-0.4, -0.2) is 47.9 Å². The zero-order valence-electron chi connectivity index (χ0n) is 19.9. The maximum absolute atomic E-state index is 13.2. The third-order valence-corrected chi connectivity index (χ3v) is 10.7. The van der Waals surface area contributed by atoms with E-state index in [4.69, 9.17) is 0 Å². The van der Waals surface area contributed by atoms with Crippen molar-refractivity contribution >= 4 is 75.9 Å². The van der Waals surface area contributed by atoms with Gasteiger partial charge in [0.2, 0.25) is 10.0 Å². The van der Waals surface area contributed by atoms with Gasteiger partial charge in [0.1, 0.15) is 0 Å². The van der Waals surface area contributed by atoms with E-state index in [1.54, 1.807) is 39.5 Å². The highest BCUT2D eigenvalue weighted by molar-refractivity contribution is 8.00. The lowest BCUT2D eigenvalue weighted by molar-refractivity contribution is 0.102. The normalized spacial score (nSPS) is 12.1. The molecule has 0 saturated heterocycles. The Morgan fingerprint density at radius 3 is 2.14 bits per heavy atom. The van der Waals surface area contributed by atoms with Crippen molar-refractivity contribution in [3.8, 4) is 0 Å². The van der Waals surface area contributed by atoms with Crippen LogP contribution < -0.4 is 5.32 Å². The monoisotopic (exact) mass is 548 g/mol. The molecule has 0 aliphatic carbocycles. The highest BCUT2D eigenvalue weighted by atomic mass is 32.2. The molecule has 0 saturated carbocycles. The molecule has 0 unspecified atom stereocenters. The predicted octanol–water partition coefficient (Wildman–Crippen LogP) is 6.47. The highest BCUT2D eigenvalue weighted by Gasteiger charge is 2.24. The third kappa shape index (κ3) is 5.69. The van der Waals surface area contributed by atoms with Crippen LogP contribution in [0.15, 0.2) is 45.6 Å². The molecule has 0 aliphatic rings. The Hall–Kier alpha value is -2.05. The first-order valence-electron chi connectivity index (χ1n) is 11.5. The van der Waals surface area contributed by atoms with Gasteiger partial charge in [-0.15, -0.1) is 11.3 Å². The van der Waals surface area contributed by atoms with Gasteiger partial charge in [-0.3, -0.25) is 10.1 Å². The lowest BCUT2D eigenvalue weighted by Crippen LogP contribution is -2.33. The fourth-order valence-electron chi connectivity index (χ4n) is 3.61. The van der Waals surface area contributed by atoms with E-state index in [-0.39, 0.29) is 10.8 Å². The Morgan fingerprint density at radius 2 is 1.54 bits per heavy atom. The number of carbonyl (C=O) groups excluding carboxylic acids is 1. The molecular formula is C24H28N4O3S4. The molecule has 4 aromatic rings. The van der Waals surface area contributed by atoms with Crippen LogP contribution in [0, 0.1) is 0 Å². The van der Waals surface area contributed by atoms with Crippen LogP contribution in [0.2, 0.25) is 0 Å². The first-order valence-corrected chi connectivity index (χ1v) is 15.8. The maximum atomic E-state index is 13.2. The van der Waals surface area contributed by atoms with Gasteiger partial charge in [-0.1, -0.05) is 49.8 Å². The summed E-state index contributed by atoms with van der Waals surface area (Å²) in [5, 5.41) is 3.36. The first kappa shape index (κ1) is 26.0. The summed E-state index contributed by atoms with van der Waals surface area (Å²) in [6, 6.07) is 9.99. The fraction of sp³-hybridized carbons (Fsp3) is 0.375. The number of thioether (sulfide) groups is 1. The minimum absolute atomic E-state index is 0.207. The number of amides is 1. The van der Waals surface area contributed by atoms with Crippen LogP contribution in [0.4, 0.5) is 5.13 Å². The Labute approximate surface area is 218 Å². The number of nitrogens with zero attached hydrogens (tertiary/aromatic N) is 3. The predicted molar refractivity (Wildman–Crippen MR) is 148 cm³/mol. The Morgan fingerprint density at radius 1 is 0.943 bits per heavy atom. The lowest BCUT2D eigenvalue weighted by Gasteiger charge is -2.22. The molecule has 35 heavy (non-hydrogen) atoms. The van der Waals surface area contributed by atoms with E-state index >= 15 is 0 Å². The van der Waals surface area contributed by atoms with Gasteiger partial charge in [0, 0.05) is 18.7 Å². The summed E-state index contributed by atoms with van der Waals surface area (Å²) in [6.07, 6.45) is 5.49. The fourth-order valence-corrected chi connectivity index (χ4v) is 7.78. The van der Waals surface area contributed by atoms with Crippen molar-refractivity contribution < 1.29 is 13.2 Å². The molecule has 2 heterocycles. The number of fused-ring (bicyclic) bond motifs is 3. The van der Waals surface area contributed by atoms with Crippen LogP contribution in [-0.2, 0) is 10.0 Å². The molecule has 7 nitrogen and oxygen atoms in total. The Balaban J connectivity index is 1.52. The Kier molecular flexibility index (Phi) is 8.43. The van der Waals surface area contributed by atoms with E-state index in [0.29, 0.717) is 23.8 Å². The SMILES string of the molecule is CCCCN(CCCC)S(=O)(=O)c1ccc(C(=O)Nc2nc3ccc4nc(SC)sc4c3s2)cc1. The van der Waals surface area contributed by atoms with E-state index in [2.05, 4.69) is 15.3 Å². The largest absolute Gasteiger partial charge is 0.298 e. The summed E-state index contributed by atoms with van der Waals surface area (Å²) < 4.78 is 30.9. The van der Waals surface area contributed by atoms with Crippen molar-refractivity contribution in [3.05, 3.63) is 42.0 Å². The summed E-state index contributed by atoms with van der Waals surface area (Å²) in [6.45, 7) is 5.10. The number of anilines is 1. The third-order valence-electron chi connectivity index (χ3n) is 5.56. The minimum atomic E-state index is -3.60. The molecule has 0 bridgehead atoms. The molecule has 1 N–H and O–H groups in total. The van der Waals surface area contributed by atoms with E-state index in [1.807, 2.05) is 32.2 Å². The summed E-state index contributed by atoms with van der Waals surface area (Å²) in [5.41, 5.74) is 2.12. The van der Waals surface area contributed by atoms with Gasteiger partial charge < -0.3 is 0 Å². The summed E-state index contributed by atoms with van der Waals surface area (Å²) in [5.74, 6) is -0.327. The summed E-state index contributed by atoms with van der Waals surface area (Å²) in [4.78, 5) is 22.2.